The Morgan fingerprint density at radius 3 is 2.64 bits per heavy atom. The van der Waals surface area contributed by atoms with Gasteiger partial charge in [0.25, 0.3) is 0 Å². The minimum atomic E-state index is -0.371. The Morgan fingerprint density at radius 2 is 1.96 bits per heavy atom. The first-order chi connectivity index (χ1) is 12.1. The van der Waals surface area contributed by atoms with Crippen LogP contribution in [0.3, 0.4) is 0 Å². The number of aromatic nitrogens is 2. The van der Waals surface area contributed by atoms with Gasteiger partial charge in [0.15, 0.2) is 0 Å². The Bertz CT molecular complexity index is 891. The lowest BCUT2D eigenvalue weighted by Crippen LogP contribution is -2.00. The van der Waals surface area contributed by atoms with E-state index in [-0.39, 0.29) is 5.97 Å². The predicted molar refractivity (Wildman–Crippen MR) is 104 cm³/mol. The van der Waals surface area contributed by atoms with E-state index >= 15 is 0 Å². The molecule has 0 amide bonds. The Labute approximate surface area is 159 Å². The minimum Gasteiger partial charge on any atom is -0.465 e. The van der Waals surface area contributed by atoms with Crippen molar-refractivity contribution in [2.24, 2.45) is 0 Å². The first-order valence-corrected chi connectivity index (χ1v) is 9.53. The molecule has 2 heterocycles. The molecule has 0 spiro atoms. The molecule has 0 saturated carbocycles. The monoisotopic (exact) mass is 416 g/mol. The van der Waals surface area contributed by atoms with E-state index in [4.69, 9.17) is 9.72 Å². The highest BCUT2D eigenvalue weighted by molar-refractivity contribution is 9.10. The van der Waals surface area contributed by atoms with Crippen LogP contribution in [0.25, 0.3) is 21.8 Å². The first kappa shape index (κ1) is 17.8. The molecule has 3 aromatic rings. The number of carbonyl (C=O) groups is 1. The van der Waals surface area contributed by atoms with Gasteiger partial charge in [0, 0.05) is 27.5 Å². The van der Waals surface area contributed by atoms with Crippen molar-refractivity contribution in [2.45, 2.75) is 19.8 Å². The predicted octanol–water partition coefficient (Wildman–Crippen LogP) is 5.37. The Morgan fingerprint density at radius 1 is 1.20 bits per heavy atom. The number of nitrogens with zero attached hydrogens (tertiary/aromatic N) is 2. The van der Waals surface area contributed by atoms with Crippen LogP contribution in [0.15, 0.2) is 47.1 Å². The van der Waals surface area contributed by atoms with Gasteiger partial charge in [-0.1, -0.05) is 41.4 Å². The number of aryl methyl sites for hydroxylation is 1. The van der Waals surface area contributed by atoms with Gasteiger partial charge in [0.05, 0.1) is 12.8 Å². The number of hydrogen-bond acceptors (Lipinski definition) is 5. The second-order valence-corrected chi connectivity index (χ2v) is 7.40. The Balaban J connectivity index is 2.08. The summed E-state index contributed by atoms with van der Waals surface area (Å²) in [5.74, 6) is -0.371. The summed E-state index contributed by atoms with van der Waals surface area (Å²) >= 11 is 4.77. The molecular weight excluding hydrogens is 400 g/mol. The van der Waals surface area contributed by atoms with E-state index < -0.39 is 0 Å². The maximum Gasteiger partial charge on any atom is 0.350 e. The summed E-state index contributed by atoms with van der Waals surface area (Å²) in [5, 5.41) is 0.790. The maximum absolute atomic E-state index is 12.2. The average molecular weight is 417 g/mol. The molecule has 4 nitrogen and oxygen atoms in total. The van der Waals surface area contributed by atoms with Gasteiger partial charge < -0.3 is 4.74 Å². The summed E-state index contributed by atoms with van der Waals surface area (Å²) in [5.41, 5.74) is 3.53. The fraction of sp³-hybridized carbons (Fsp3) is 0.211. The summed E-state index contributed by atoms with van der Waals surface area (Å²) in [4.78, 5) is 21.8. The molecule has 1 aromatic carbocycles. The normalized spacial score (nSPS) is 10.7. The van der Waals surface area contributed by atoms with Gasteiger partial charge in [-0.3, -0.25) is 4.98 Å². The molecule has 0 aliphatic carbocycles. The van der Waals surface area contributed by atoms with Gasteiger partial charge in [-0.15, -0.1) is 11.3 Å². The molecule has 0 bridgehead atoms. The largest absolute Gasteiger partial charge is 0.465 e. The van der Waals surface area contributed by atoms with Gasteiger partial charge in [-0.05, 0) is 30.7 Å². The summed E-state index contributed by atoms with van der Waals surface area (Å²) in [6, 6.07) is 11.7. The van der Waals surface area contributed by atoms with Crippen molar-refractivity contribution in [1.82, 2.24) is 9.97 Å². The Kier molecular flexibility index (Phi) is 5.60. The first-order valence-electron chi connectivity index (χ1n) is 7.92. The summed E-state index contributed by atoms with van der Waals surface area (Å²) < 4.78 is 5.92. The summed E-state index contributed by atoms with van der Waals surface area (Å²) in [6.45, 7) is 2.12. The number of ether oxygens (including phenoxy) is 1. The number of carbonyl (C=O) groups excluding carboxylic acids is 1. The summed E-state index contributed by atoms with van der Waals surface area (Å²) in [7, 11) is 1.39. The average Bonchev–Trinajstić information content (AvgIpc) is 3.07. The second-order valence-electron chi connectivity index (χ2n) is 5.48. The smallest absolute Gasteiger partial charge is 0.350 e. The zero-order valence-corrected chi connectivity index (χ0v) is 16.4. The van der Waals surface area contributed by atoms with Gasteiger partial charge in [-0.2, -0.15) is 0 Å². The fourth-order valence-electron chi connectivity index (χ4n) is 2.48. The molecule has 6 heteroatoms. The third-order valence-electron chi connectivity index (χ3n) is 3.69. The zero-order valence-electron chi connectivity index (χ0n) is 14.0. The molecule has 0 N–H and O–H groups in total. The lowest BCUT2D eigenvalue weighted by Gasteiger charge is -2.01. The van der Waals surface area contributed by atoms with Crippen molar-refractivity contribution < 1.29 is 9.53 Å². The lowest BCUT2D eigenvalue weighted by molar-refractivity contribution is 0.0607. The van der Waals surface area contributed by atoms with Crippen molar-refractivity contribution in [2.75, 3.05) is 7.11 Å². The van der Waals surface area contributed by atoms with Gasteiger partial charge in [-0.25, -0.2) is 9.78 Å². The number of hydrogen-bond donors (Lipinski definition) is 0. The molecule has 2 aromatic heterocycles. The topological polar surface area (TPSA) is 52.1 Å². The van der Waals surface area contributed by atoms with Crippen LogP contribution in [0.1, 0.15) is 28.7 Å². The number of benzene rings is 1. The molecule has 25 heavy (non-hydrogen) atoms. The van der Waals surface area contributed by atoms with Crippen LogP contribution in [0.2, 0.25) is 0 Å². The number of halogens is 1. The van der Waals surface area contributed by atoms with Crippen molar-refractivity contribution in [3.05, 3.63) is 57.6 Å². The number of pyridine rings is 1. The highest BCUT2D eigenvalue weighted by Crippen LogP contribution is 2.35. The van der Waals surface area contributed by atoms with Crippen LogP contribution in [-0.4, -0.2) is 23.0 Å². The number of esters is 1. The van der Waals surface area contributed by atoms with E-state index in [2.05, 4.69) is 27.8 Å². The standard InChI is InChI=1S/C19H17BrN2O2S/c1-3-4-15-11-13(9-10-21-15)18-22-16(17(25-18)19(23)24-2)12-5-7-14(20)8-6-12/h5-11H,3-4H2,1-2H3. The number of rotatable bonds is 5. The molecule has 128 valence electrons. The van der Waals surface area contributed by atoms with E-state index in [0.717, 1.165) is 39.1 Å². The lowest BCUT2D eigenvalue weighted by atomic mass is 10.1. The highest BCUT2D eigenvalue weighted by atomic mass is 79.9. The molecule has 0 fully saturated rings. The molecule has 0 aliphatic rings. The highest BCUT2D eigenvalue weighted by Gasteiger charge is 2.21. The van der Waals surface area contributed by atoms with Crippen LogP contribution in [-0.2, 0) is 11.2 Å². The number of thiazole rings is 1. The van der Waals surface area contributed by atoms with Crippen LogP contribution in [0.5, 0.6) is 0 Å². The molecule has 0 radical (unpaired) electrons. The van der Waals surface area contributed by atoms with Crippen molar-refractivity contribution in [1.29, 1.82) is 0 Å². The van der Waals surface area contributed by atoms with Crippen molar-refractivity contribution >= 4 is 33.2 Å². The fourth-order valence-corrected chi connectivity index (χ4v) is 3.75. The third-order valence-corrected chi connectivity index (χ3v) is 5.30. The molecular formula is C19H17BrN2O2S. The van der Waals surface area contributed by atoms with E-state index in [0.29, 0.717) is 10.6 Å². The molecule has 0 unspecified atom stereocenters. The van der Waals surface area contributed by atoms with Crippen LogP contribution >= 0.6 is 27.3 Å². The van der Waals surface area contributed by atoms with Crippen LogP contribution in [0.4, 0.5) is 0 Å². The molecule has 3 rings (SSSR count). The van der Waals surface area contributed by atoms with Gasteiger partial charge in [0.1, 0.15) is 9.88 Å². The minimum absolute atomic E-state index is 0.371. The quantitative estimate of drug-likeness (QED) is 0.524. The maximum atomic E-state index is 12.2. The van der Waals surface area contributed by atoms with Crippen molar-refractivity contribution in [3.8, 4) is 21.8 Å². The van der Waals surface area contributed by atoms with Crippen LogP contribution in [0, 0.1) is 0 Å². The van der Waals surface area contributed by atoms with Gasteiger partial charge in [0.2, 0.25) is 0 Å². The van der Waals surface area contributed by atoms with Crippen molar-refractivity contribution in [3.63, 3.8) is 0 Å². The zero-order chi connectivity index (χ0) is 17.8. The Hall–Kier alpha value is -2.05. The summed E-state index contributed by atoms with van der Waals surface area (Å²) in [6.07, 6.45) is 3.74. The number of methoxy groups -OCH3 is 1. The molecule has 0 atom stereocenters. The van der Waals surface area contributed by atoms with E-state index in [1.54, 1.807) is 6.20 Å². The van der Waals surface area contributed by atoms with E-state index in [1.165, 1.54) is 18.4 Å². The molecule has 0 saturated heterocycles. The van der Waals surface area contributed by atoms with E-state index in [9.17, 15) is 4.79 Å². The molecule has 0 aliphatic heterocycles. The SMILES string of the molecule is CCCc1cc(-c2nc(-c3ccc(Br)cc3)c(C(=O)OC)s2)ccn1. The third kappa shape index (κ3) is 3.96. The second kappa shape index (κ2) is 7.89. The van der Waals surface area contributed by atoms with Crippen LogP contribution < -0.4 is 0 Å². The van der Waals surface area contributed by atoms with E-state index in [1.807, 2.05) is 36.4 Å². The van der Waals surface area contributed by atoms with Gasteiger partial charge >= 0.3 is 5.97 Å².